The lowest BCUT2D eigenvalue weighted by atomic mass is 9.59. The first-order chi connectivity index (χ1) is 4.75. The maximum absolute atomic E-state index is 6.22. The lowest BCUT2D eigenvalue weighted by Crippen LogP contribution is -2.58. The van der Waals surface area contributed by atoms with Crippen LogP contribution in [0.15, 0.2) is 0 Å². The molecule has 56 valence electrons. The predicted octanol–water partition coefficient (Wildman–Crippen LogP) is 1.67. The van der Waals surface area contributed by atoms with Crippen molar-refractivity contribution in [1.82, 2.24) is 0 Å². The molecule has 2 N–H and O–H groups in total. The molecule has 0 radical (unpaired) electrons. The van der Waals surface area contributed by atoms with Gasteiger partial charge in [-0.2, -0.15) is 0 Å². The SMILES string of the molecule is NC12CCCC1C1(CC1)C2. The number of hydrogen-bond acceptors (Lipinski definition) is 1. The lowest BCUT2D eigenvalue weighted by Gasteiger charge is -2.50. The second kappa shape index (κ2) is 1.29. The van der Waals surface area contributed by atoms with E-state index in [1.807, 2.05) is 0 Å². The largest absolute Gasteiger partial charge is 0.325 e. The number of fused-ring (bicyclic) bond motifs is 2. The first-order valence-electron chi connectivity index (χ1n) is 4.54. The van der Waals surface area contributed by atoms with Crippen molar-refractivity contribution >= 4 is 0 Å². The van der Waals surface area contributed by atoms with Crippen LogP contribution < -0.4 is 5.73 Å². The first kappa shape index (κ1) is 5.59. The highest BCUT2D eigenvalue weighted by molar-refractivity contribution is 5.22. The van der Waals surface area contributed by atoms with Crippen molar-refractivity contribution in [2.24, 2.45) is 17.1 Å². The summed E-state index contributed by atoms with van der Waals surface area (Å²) in [6, 6.07) is 0. The minimum absolute atomic E-state index is 0.330. The first-order valence-corrected chi connectivity index (χ1v) is 4.54. The van der Waals surface area contributed by atoms with Gasteiger partial charge in [0.2, 0.25) is 0 Å². The zero-order valence-electron chi connectivity index (χ0n) is 6.40. The van der Waals surface area contributed by atoms with E-state index in [9.17, 15) is 0 Å². The van der Waals surface area contributed by atoms with Gasteiger partial charge in [0.25, 0.3) is 0 Å². The van der Waals surface area contributed by atoms with Crippen molar-refractivity contribution in [2.45, 2.75) is 44.1 Å². The van der Waals surface area contributed by atoms with Crippen molar-refractivity contribution in [3.63, 3.8) is 0 Å². The molecular weight excluding hydrogens is 122 g/mol. The number of hydrogen-bond donors (Lipinski definition) is 1. The molecule has 2 unspecified atom stereocenters. The van der Waals surface area contributed by atoms with Crippen LogP contribution in [-0.4, -0.2) is 5.54 Å². The molecule has 1 nitrogen and oxygen atoms in total. The zero-order chi connectivity index (χ0) is 6.82. The summed E-state index contributed by atoms with van der Waals surface area (Å²) in [6.45, 7) is 0. The van der Waals surface area contributed by atoms with Crippen LogP contribution in [-0.2, 0) is 0 Å². The van der Waals surface area contributed by atoms with E-state index in [-0.39, 0.29) is 0 Å². The molecule has 0 aliphatic heterocycles. The Hall–Kier alpha value is -0.0400. The normalized spacial score (nSPS) is 54.3. The van der Waals surface area contributed by atoms with Crippen molar-refractivity contribution in [1.29, 1.82) is 0 Å². The molecule has 1 spiro atoms. The van der Waals surface area contributed by atoms with Crippen LogP contribution in [0.4, 0.5) is 0 Å². The fourth-order valence-corrected chi connectivity index (χ4v) is 3.56. The maximum Gasteiger partial charge on any atom is 0.0193 e. The zero-order valence-corrected chi connectivity index (χ0v) is 6.40. The summed E-state index contributed by atoms with van der Waals surface area (Å²) in [7, 11) is 0. The average Bonchev–Trinajstić information content (AvgIpc) is 2.58. The van der Waals surface area contributed by atoms with Crippen molar-refractivity contribution in [3.8, 4) is 0 Å². The van der Waals surface area contributed by atoms with Gasteiger partial charge in [0.1, 0.15) is 0 Å². The van der Waals surface area contributed by atoms with Gasteiger partial charge in [-0.25, -0.2) is 0 Å². The standard InChI is InChI=1S/C9H15N/c10-9-3-1-2-7(9)8(6-9)4-5-8/h7H,1-6,10H2. The minimum atomic E-state index is 0.330. The molecule has 3 rings (SSSR count). The van der Waals surface area contributed by atoms with Crippen molar-refractivity contribution < 1.29 is 0 Å². The molecule has 3 aliphatic rings. The van der Waals surface area contributed by atoms with Crippen LogP contribution in [0.5, 0.6) is 0 Å². The van der Waals surface area contributed by atoms with Crippen LogP contribution in [0, 0.1) is 11.3 Å². The van der Waals surface area contributed by atoms with Gasteiger partial charge in [0.05, 0.1) is 0 Å². The Kier molecular flexibility index (Phi) is 0.722. The third-order valence-corrected chi connectivity index (χ3v) is 4.14. The highest BCUT2D eigenvalue weighted by atomic mass is 14.9. The third-order valence-electron chi connectivity index (χ3n) is 4.14. The molecule has 0 aromatic carbocycles. The minimum Gasteiger partial charge on any atom is -0.325 e. The van der Waals surface area contributed by atoms with Gasteiger partial charge in [-0.3, -0.25) is 0 Å². The molecule has 2 atom stereocenters. The molecular formula is C9H15N. The predicted molar refractivity (Wildman–Crippen MR) is 40.5 cm³/mol. The smallest absolute Gasteiger partial charge is 0.0193 e. The summed E-state index contributed by atoms with van der Waals surface area (Å²) in [5.41, 5.74) is 7.36. The van der Waals surface area contributed by atoms with Crippen LogP contribution in [0.2, 0.25) is 0 Å². The van der Waals surface area contributed by atoms with Gasteiger partial charge in [0.15, 0.2) is 0 Å². The number of nitrogens with two attached hydrogens (primary N) is 1. The van der Waals surface area contributed by atoms with E-state index in [0.717, 1.165) is 11.3 Å². The summed E-state index contributed by atoms with van der Waals surface area (Å²) < 4.78 is 0. The van der Waals surface area contributed by atoms with Gasteiger partial charge in [-0.15, -0.1) is 0 Å². The highest BCUT2D eigenvalue weighted by Crippen LogP contribution is 2.72. The van der Waals surface area contributed by atoms with E-state index in [1.54, 1.807) is 0 Å². The second-order valence-electron chi connectivity index (χ2n) is 4.72. The van der Waals surface area contributed by atoms with E-state index < -0.39 is 0 Å². The maximum atomic E-state index is 6.22. The Morgan fingerprint density at radius 1 is 1.20 bits per heavy atom. The Bertz CT molecular complexity index is 183. The van der Waals surface area contributed by atoms with Gasteiger partial charge in [0, 0.05) is 5.54 Å². The van der Waals surface area contributed by atoms with Gasteiger partial charge >= 0.3 is 0 Å². The van der Waals surface area contributed by atoms with Gasteiger partial charge in [-0.05, 0) is 43.4 Å². The summed E-state index contributed by atoms with van der Waals surface area (Å²) >= 11 is 0. The number of rotatable bonds is 0. The van der Waals surface area contributed by atoms with E-state index >= 15 is 0 Å². The summed E-state index contributed by atoms with van der Waals surface area (Å²) in [6.07, 6.45) is 8.52. The van der Waals surface area contributed by atoms with Gasteiger partial charge < -0.3 is 5.73 Å². The highest BCUT2D eigenvalue weighted by Gasteiger charge is 2.68. The van der Waals surface area contributed by atoms with E-state index in [4.69, 9.17) is 5.73 Å². The van der Waals surface area contributed by atoms with Crippen LogP contribution in [0.3, 0.4) is 0 Å². The molecule has 10 heavy (non-hydrogen) atoms. The van der Waals surface area contributed by atoms with Crippen molar-refractivity contribution in [2.75, 3.05) is 0 Å². The Morgan fingerprint density at radius 3 is 2.60 bits per heavy atom. The molecule has 0 aromatic heterocycles. The molecule has 3 fully saturated rings. The fraction of sp³-hybridized carbons (Fsp3) is 1.00. The molecule has 0 heterocycles. The second-order valence-corrected chi connectivity index (χ2v) is 4.72. The molecule has 0 saturated heterocycles. The molecule has 0 amide bonds. The summed E-state index contributed by atoms with van der Waals surface area (Å²) in [5.74, 6) is 0.944. The van der Waals surface area contributed by atoms with E-state index in [1.165, 1.54) is 38.5 Å². The Labute approximate surface area is 62.0 Å². The Morgan fingerprint density at radius 2 is 2.00 bits per heavy atom. The monoisotopic (exact) mass is 137 g/mol. The van der Waals surface area contributed by atoms with Crippen LogP contribution >= 0.6 is 0 Å². The van der Waals surface area contributed by atoms with Crippen LogP contribution in [0.1, 0.15) is 38.5 Å². The summed E-state index contributed by atoms with van der Waals surface area (Å²) in [5, 5.41) is 0. The fourth-order valence-electron chi connectivity index (χ4n) is 3.56. The van der Waals surface area contributed by atoms with E-state index in [2.05, 4.69) is 0 Å². The molecule has 3 saturated carbocycles. The molecule has 3 aliphatic carbocycles. The molecule has 0 bridgehead atoms. The topological polar surface area (TPSA) is 26.0 Å². The lowest BCUT2D eigenvalue weighted by molar-refractivity contribution is 0.0446. The Balaban J connectivity index is 1.92. The quantitative estimate of drug-likeness (QED) is 0.540. The molecule has 1 heteroatoms. The van der Waals surface area contributed by atoms with Gasteiger partial charge in [-0.1, -0.05) is 6.42 Å². The molecule has 0 aromatic rings. The van der Waals surface area contributed by atoms with E-state index in [0.29, 0.717) is 5.54 Å². The average molecular weight is 137 g/mol. The third kappa shape index (κ3) is 0.430. The van der Waals surface area contributed by atoms with Crippen molar-refractivity contribution in [3.05, 3.63) is 0 Å². The summed E-state index contributed by atoms with van der Waals surface area (Å²) in [4.78, 5) is 0. The van der Waals surface area contributed by atoms with Crippen LogP contribution in [0.25, 0.3) is 0 Å².